The predicted molar refractivity (Wildman–Crippen MR) is 93.0 cm³/mol. The fraction of sp³-hybridized carbons (Fsp3) is 0.353. The van der Waals surface area contributed by atoms with Crippen molar-refractivity contribution >= 4 is 16.8 Å². The smallest absolute Gasteiger partial charge is 0.302 e. The Hall–Kier alpha value is -3.23. The van der Waals surface area contributed by atoms with Crippen molar-refractivity contribution in [1.29, 1.82) is 0 Å². The first-order valence-electron chi connectivity index (χ1n) is 8.42. The molecule has 0 radical (unpaired) electrons. The van der Waals surface area contributed by atoms with E-state index in [2.05, 4.69) is 20.1 Å². The minimum atomic E-state index is -0.288. The number of fused-ring (bicyclic) bond motifs is 1. The summed E-state index contributed by atoms with van der Waals surface area (Å²) in [6.07, 6.45) is 8.26. The number of carbonyl (C=O) groups excluding carboxylic acids is 1. The topological polar surface area (TPSA) is 106 Å². The minimum absolute atomic E-state index is 0.0740. The first-order chi connectivity index (χ1) is 12.6. The number of H-pyrrole nitrogens is 1. The average molecular weight is 354 g/mol. The molecule has 9 heteroatoms. The summed E-state index contributed by atoms with van der Waals surface area (Å²) in [4.78, 5) is 36.3. The van der Waals surface area contributed by atoms with E-state index in [-0.39, 0.29) is 23.5 Å². The molecule has 0 spiro atoms. The molecule has 3 aromatic rings. The van der Waals surface area contributed by atoms with Gasteiger partial charge in [0.15, 0.2) is 5.75 Å². The van der Waals surface area contributed by atoms with Gasteiger partial charge in [-0.15, -0.1) is 0 Å². The van der Waals surface area contributed by atoms with E-state index in [1.54, 1.807) is 36.3 Å². The third-order valence-electron chi connectivity index (χ3n) is 4.50. The van der Waals surface area contributed by atoms with Gasteiger partial charge in [-0.2, -0.15) is 10.1 Å². The van der Waals surface area contributed by atoms with Crippen molar-refractivity contribution in [3.05, 3.63) is 41.2 Å². The fourth-order valence-corrected chi connectivity index (χ4v) is 3.16. The van der Waals surface area contributed by atoms with Gasteiger partial charge in [-0.3, -0.25) is 24.2 Å². The number of aromatic amines is 1. The van der Waals surface area contributed by atoms with Gasteiger partial charge in [0, 0.05) is 26.2 Å². The van der Waals surface area contributed by atoms with Crippen molar-refractivity contribution in [3.8, 4) is 11.8 Å². The summed E-state index contributed by atoms with van der Waals surface area (Å²) < 4.78 is 7.45. The molecule has 0 aromatic carbocycles. The molecule has 134 valence electrons. The molecule has 1 saturated heterocycles. The number of likely N-dealkylation sites (tertiary alicyclic amines) is 1. The molecule has 3 aromatic heterocycles. The molecular formula is C17H18N6O3. The number of piperidine rings is 1. The molecule has 0 saturated carbocycles. The maximum Gasteiger partial charge on any atom is 0.302 e. The minimum Gasteiger partial charge on any atom is -0.422 e. The van der Waals surface area contributed by atoms with Crippen LogP contribution in [0.5, 0.6) is 11.8 Å². The van der Waals surface area contributed by atoms with Crippen LogP contribution >= 0.6 is 0 Å². The van der Waals surface area contributed by atoms with E-state index < -0.39 is 0 Å². The highest BCUT2D eigenvalue weighted by Crippen LogP contribution is 2.24. The second-order valence-corrected chi connectivity index (χ2v) is 6.28. The van der Waals surface area contributed by atoms with Crippen LogP contribution in [0.4, 0.5) is 0 Å². The van der Waals surface area contributed by atoms with Crippen LogP contribution < -0.4 is 10.3 Å². The maximum atomic E-state index is 12.1. The lowest BCUT2D eigenvalue weighted by atomic mass is 10.1. The molecule has 26 heavy (non-hydrogen) atoms. The lowest BCUT2D eigenvalue weighted by Gasteiger charge is -2.32. The monoisotopic (exact) mass is 354 g/mol. The molecule has 4 rings (SSSR count). The Morgan fingerprint density at radius 2 is 2.27 bits per heavy atom. The van der Waals surface area contributed by atoms with Gasteiger partial charge < -0.3 is 9.64 Å². The summed E-state index contributed by atoms with van der Waals surface area (Å²) in [5, 5.41) is 4.79. The molecule has 1 fully saturated rings. The largest absolute Gasteiger partial charge is 0.422 e. The first-order valence-corrected chi connectivity index (χ1v) is 8.42. The van der Waals surface area contributed by atoms with Gasteiger partial charge >= 0.3 is 6.01 Å². The Balaban J connectivity index is 1.54. The molecule has 1 amide bonds. The zero-order valence-corrected chi connectivity index (χ0v) is 14.3. The first kappa shape index (κ1) is 16.2. The zero-order chi connectivity index (χ0) is 18.1. The Kier molecular flexibility index (Phi) is 4.11. The number of carbonyl (C=O) groups is 1. The van der Waals surface area contributed by atoms with E-state index >= 15 is 0 Å². The van der Waals surface area contributed by atoms with Crippen molar-refractivity contribution in [2.24, 2.45) is 0 Å². The number of nitrogens with zero attached hydrogens (tertiary/aromatic N) is 5. The number of ether oxygens (including phenoxy) is 1. The summed E-state index contributed by atoms with van der Waals surface area (Å²) in [6, 6.07) is 1.80. The van der Waals surface area contributed by atoms with Crippen LogP contribution in [0.2, 0.25) is 0 Å². The molecule has 1 N–H and O–H groups in total. The summed E-state index contributed by atoms with van der Waals surface area (Å²) in [5.74, 6) is 0.543. The number of hydrogen-bond donors (Lipinski definition) is 1. The van der Waals surface area contributed by atoms with Gasteiger partial charge in [-0.25, -0.2) is 0 Å². The van der Waals surface area contributed by atoms with E-state index in [9.17, 15) is 9.59 Å². The van der Waals surface area contributed by atoms with Crippen molar-refractivity contribution < 1.29 is 9.53 Å². The second-order valence-electron chi connectivity index (χ2n) is 6.28. The maximum absolute atomic E-state index is 12.1. The van der Waals surface area contributed by atoms with Crippen LogP contribution in [-0.4, -0.2) is 48.6 Å². The van der Waals surface area contributed by atoms with Crippen molar-refractivity contribution in [2.45, 2.75) is 25.8 Å². The van der Waals surface area contributed by atoms with Crippen LogP contribution in [0, 0.1) is 0 Å². The predicted octanol–water partition coefficient (Wildman–Crippen LogP) is 1.49. The molecule has 1 unspecified atom stereocenters. The lowest BCUT2D eigenvalue weighted by Crippen LogP contribution is -2.39. The SMILES string of the molecule is CC(=O)N1CCCC(n2cc(Oc3nc4cnccc4c(=O)[nH]3)cn2)C1. The Morgan fingerprint density at radius 1 is 1.38 bits per heavy atom. The molecule has 4 heterocycles. The van der Waals surface area contributed by atoms with E-state index in [1.807, 2.05) is 4.90 Å². The van der Waals surface area contributed by atoms with Crippen molar-refractivity contribution in [2.75, 3.05) is 13.1 Å². The Bertz CT molecular complexity index is 1010. The second kappa shape index (κ2) is 6.58. The van der Waals surface area contributed by atoms with Gasteiger partial charge in [0.2, 0.25) is 5.91 Å². The van der Waals surface area contributed by atoms with Crippen molar-refractivity contribution in [1.82, 2.24) is 29.6 Å². The molecule has 1 atom stereocenters. The fourth-order valence-electron chi connectivity index (χ4n) is 3.16. The Labute approximate surface area is 148 Å². The lowest BCUT2D eigenvalue weighted by molar-refractivity contribution is -0.130. The highest BCUT2D eigenvalue weighted by Gasteiger charge is 2.23. The van der Waals surface area contributed by atoms with Crippen molar-refractivity contribution in [3.63, 3.8) is 0 Å². The highest BCUT2D eigenvalue weighted by molar-refractivity contribution is 5.76. The van der Waals surface area contributed by atoms with Gasteiger partial charge in [0.1, 0.15) is 0 Å². The van der Waals surface area contributed by atoms with E-state index in [4.69, 9.17) is 4.74 Å². The number of pyridine rings is 1. The van der Waals surface area contributed by atoms with Crippen LogP contribution in [0.25, 0.3) is 10.9 Å². The molecule has 0 aliphatic carbocycles. The number of aromatic nitrogens is 5. The standard InChI is InChI=1S/C17H18N6O3/c1-11(24)22-6-2-3-12(9-22)23-10-13(7-19-23)26-17-20-15-8-18-5-4-14(15)16(25)21-17/h4-5,7-8,10,12H,2-3,6,9H2,1H3,(H,20,21,25). The van der Waals surface area contributed by atoms with E-state index in [1.165, 1.54) is 6.20 Å². The van der Waals surface area contributed by atoms with E-state index in [0.717, 1.165) is 19.4 Å². The molecule has 1 aliphatic heterocycles. The van der Waals surface area contributed by atoms with Gasteiger partial charge in [-0.05, 0) is 18.9 Å². The van der Waals surface area contributed by atoms with Crippen LogP contribution in [0.3, 0.4) is 0 Å². The van der Waals surface area contributed by atoms with Crippen LogP contribution in [0.1, 0.15) is 25.8 Å². The average Bonchev–Trinajstić information content (AvgIpc) is 3.10. The third kappa shape index (κ3) is 3.15. The number of amides is 1. The van der Waals surface area contributed by atoms with Gasteiger partial charge in [-0.1, -0.05) is 0 Å². The number of nitrogens with one attached hydrogen (secondary N) is 1. The summed E-state index contributed by atoms with van der Waals surface area (Å²) in [7, 11) is 0. The van der Waals surface area contributed by atoms with Gasteiger partial charge in [0.05, 0.1) is 35.5 Å². The Morgan fingerprint density at radius 3 is 3.12 bits per heavy atom. The normalized spacial score (nSPS) is 17.4. The summed E-state index contributed by atoms with van der Waals surface area (Å²) in [5.41, 5.74) is 0.173. The zero-order valence-electron chi connectivity index (χ0n) is 14.3. The third-order valence-corrected chi connectivity index (χ3v) is 4.50. The van der Waals surface area contributed by atoms with Crippen LogP contribution in [-0.2, 0) is 4.79 Å². The molecule has 9 nitrogen and oxygen atoms in total. The quantitative estimate of drug-likeness (QED) is 0.764. The molecule has 1 aliphatic rings. The van der Waals surface area contributed by atoms with E-state index in [0.29, 0.717) is 23.2 Å². The number of rotatable bonds is 3. The molecular weight excluding hydrogens is 336 g/mol. The van der Waals surface area contributed by atoms with Crippen LogP contribution in [0.15, 0.2) is 35.6 Å². The van der Waals surface area contributed by atoms with Gasteiger partial charge in [0.25, 0.3) is 5.56 Å². The summed E-state index contributed by atoms with van der Waals surface area (Å²) in [6.45, 7) is 3.00. The highest BCUT2D eigenvalue weighted by atomic mass is 16.5. The summed E-state index contributed by atoms with van der Waals surface area (Å²) >= 11 is 0. The molecule has 0 bridgehead atoms. The number of hydrogen-bond acceptors (Lipinski definition) is 6.